The first-order valence-corrected chi connectivity index (χ1v) is 8.69. The summed E-state index contributed by atoms with van der Waals surface area (Å²) in [6.07, 6.45) is 2.32. The Kier molecular flexibility index (Phi) is 6.35. The van der Waals surface area contributed by atoms with E-state index in [2.05, 4.69) is 10.3 Å². The average molecular weight is 364 g/mol. The molecule has 0 radical (unpaired) electrons. The van der Waals surface area contributed by atoms with Crippen LogP contribution in [-0.4, -0.2) is 36.0 Å². The van der Waals surface area contributed by atoms with Crippen molar-refractivity contribution in [3.63, 3.8) is 0 Å². The van der Waals surface area contributed by atoms with Gasteiger partial charge in [-0.3, -0.25) is 4.79 Å². The van der Waals surface area contributed by atoms with Crippen LogP contribution in [0.25, 0.3) is 0 Å². The van der Waals surface area contributed by atoms with Gasteiger partial charge in [0.05, 0.1) is 12.2 Å². The third-order valence-electron chi connectivity index (χ3n) is 3.45. The zero-order valence-corrected chi connectivity index (χ0v) is 15.1. The van der Waals surface area contributed by atoms with E-state index in [4.69, 9.17) is 9.47 Å². The average Bonchev–Trinajstić information content (AvgIpc) is 3.21. The summed E-state index contributed by atoms with van der Waals surface area (Å²) in [7, 11) is 0. The molecule has 1 amide bonds. The topological polar surface area (TPSA) is 97.5 Å². The third-order valence-corrected chi connectivity index (χ3v) is 4.80. The van der Waals surface area contributed by atoms with Crippen LogP contribution in [0.2, 0.25) is 0 Å². The molecule has 2 aromatic heterocycles. The van der Waals surface area contributed by atoms with Gasteiger partial charge < -0.3 is 19.8 Å². The van der Waals surface area contributed by atoms with E-state index in [1.54, 1.807) is 25.3 Å². The highest BCUT2D eigenvalue weighted by Crippen LogP contribution is 2.34. The highest BCUT2D eigenvalue weighted by molar-refractivity contribution is 7.17. The van der Waals surface area contributed by atoms with Crippen LogP contribution < -0.4 is 5.32 Å². The molecule has 0 spiro atoms. The Morgan fingerprint density at radius 3 is 2.56 bits per heavy atom. The molecule has 0 aliphatic carbocycles. The van der Waals surface area contributed by atoms with Gasteiger partial charge >= 0.3 is 11.9 Å². The van der Waals surface area contributed by atoms with Gasteiger partial charge in [0.25, 0.3) is 5.91 Å². The highest BCUT2D eigenvalue weighted by Gasteiger charge is 2.23. The molecule has 0 bridgehead atoms. The zero-order valence-electron chi connectivity index (χ0n) is 14.3. The van der Waals surface area contributed by atoms with Crippen LogP contribution in [0, 0.1) is 6.92 Å². The van der Waals surface area contributed by atoms with Gasteiger partial charge in [-0.2, -0.15) is 0 Å². The molecule has 0 unspecified atom stereocenters. The van der Waals surface area contributed by atoms with Crippen molar-refractivity contribution < 1.29 is 23.9 Å². The van der Waals surface area contributed by atoms with Gasteiger partial charge in [-0.1, -0.05) is 6.92 Å². The van der Waals surface area contributed by atoms with E-state index >= 15 is 0 Å². The standard InChI is InChI=1S/C17H20N2O5S/c1-4-12-10(3)14(17(22)23-5-2)15(25-12)19-13(20)9-24-16(21)11-7-6-8-18-11/h6-8,18H,4-5,9H2,1-3H3,(H,19,20). The molecule has 0 saturated heterocycles. The minimum absolute atomic E-state index is 0.247. The number of esters is 2. The van der Waals surface area contributed by atoms with Gasteiger partial charge in [-0.25, -0.2) is 9.59 Å². The quantitative estimate of drug-likeness (QED) is 0.736. The maximum Gasteiger partial charge on any atom is 0.355 e. The van der Waals surface area contributed by atoms with Gasteiger partial charge in [0.15, 0.2) is 6.61 Å². The molecule has 134 valence electrons. The number of anilines is 1. The van der Waals surface area contributed by atoms with E-state index < -0.39 is 24.5 Å². The number of carbonyl (C=O) groups excluding carboxylic acids is 3. The van der Waals surface area contributed by atoms with Crippen molar-refractivity contribution in [3.05, 3.63) is 40.0 Å². The fourth-order valence-corrected chi connectivity index (χ4v) is 3.41. The van der Waals surface area contributed by atoms with Crippen LogP contribution in [0.3, 0.4) is 0 Å². The van der Waals surface area contributed by atoms with Crippen molar-refractivity contribution >= 4 is 34.2 Å². The smallest absolute Gasteiger partial charge is 0.355 e. The number of aromatic amines is 1. The normalized spacial score (nSPS) is 10.4. The maximum atomic E-state index is 12.2. The number of nitrogens with one attached hydrogen (secondary N) is 2. The molecule has 8 heteroatoms. The summed E-state index contributed by atoms with van der Waals surface area (Å²) in [5.74, 6) is -1.62. The fourth-order valence-electron chi connectivity index (χ4n) is 2.26. The summed E-state index contributed by atoms with van der Waals surface area (Å²) >= 11 is 1.32. The van der Waals surface area contributed by atoms with Gasteiger partial charge in [-0.05, 0) is 38.0 Å². The first-order chi connectivity index (χ1) is 12.0. The van der Waals surface area contributed by atoms with Crippen molar-refractivity contribution in [2.45, 2.75) is 27.2 Å². The second kappa shape index (κ2) is 8.48. The first kappa shape index (κ1) is 18.7. The number of amides is 1. The lowest BCUT2D eigenvalue weighted by Gasteiger charge is -2.07. The summed E-state index contributed by atoms with van der Waals surface area (Å²) in [5, 5.41) is 3.05. The fraction of sp³-hybridized carbons (Fsp3) is 0.353. The number of hydrogen-bond acceptors (Lipinski definition) is 6. The van der Waals surface area contributed by atoms with E-state index in [0.717, 1.165) is 16.9 Å². The van der Waals surface area contributed by atoms with E-state index in [0.29, 0.717) is 10.6 Å². The van der Waals surface area contributed by atoms with E-state index in [1.807, 2.05) is 13.8 Å². The molecule has 0 aliphatic rings. The number of hydrogen-bond donors (Lipinski definition) is 2. The molecule has 2 heterocycles. The van der Waals surface area contributed by atoms with Crippen LogP contribution in [0.4, 0.5) is 5.00 Å². The van der Waals surface area contributed by atoms with E-state index in [9.17, 15) is 14.4 Å². The summed E-state index contributed by atoms with van der Waals surface area (Å²) in [6.45, 7) is 5.31. The van der Waals surface area contributed by atoms with Gasteiger partial charge in [0.2, 0.25) is 0 Å². The zero-order chi connectivity index (χ0) is 18.4. The lowest BCUT2D eigenvalue weighted by atomic mass is 10.1. The minimum Gasteiger partial charge on any atom is -0.462 e. The summed E-state index contributed by atoms with van der Waals surface area (Å²) in [6, 6.07) is 3.21. The van der Waals surface area contributed by atoms with Crippen LogP contribution in [0.1, 0.15) is 45.1 Å². The van der Waals surface area contributed by atoms with Crippen molar-refractivity contribution in [2.24, 2.45) is 0 Å². The van der Waals surface area contributed by atoms with E-state index in [-0.39, 0.29) is 12.3 Å². The first-order valence-electron chi connectivity index (χ1n) is 7.87. The highest BCUT2D eigenvalue weighted by atomic mass is 32.1. The molecule has 0 aromatic carbocycles. The molecule has 2 aromatic rings. The Morgan fingerprint density at radius 2 is 1.96 bits per heavy atom. The Labute approximate surface area is 149 Å². The molecule has 0 fully saturated rings. The molecular weight excluding hydrogens is 344 g/mol. The number of thiophene rings is 1. The monoisotopic (exact) mass is 364 g/mol. The minimum atomic E-state index is -0.623. The number of carbonyl (C=O) groups is 3. The molecule has 2 N–H and O–H groups in total. The van der Waals surface area contributed by atoms with Crippen LogP contribution >= 0.6 is 11.3 Å². The molecule has 0 atom stereocenters. The molecule has 2 rings (SSSR count). The molecule has 0 aliphatic heterocycles. The van der Waals surface area contributed by atoms with Crippen molar-refractivity contribution in [1.82, 2.24) is 4.98 Å². The number of rotatable bonds is 7. The van der Waals surface area contributed by atoms with Gasteiger partial charge in [0.1, 0.15) is 10.7 Å². The summed E-state index contributed by atoms with van der Waals surface area (Å²) < 4.78 is 10.0. The third kappa shape index (κ3) is 4.48. The number of H-pyrrole nitrogens is 1. The second-order valence-electron chi connectivity index (χ2n) is 5.14. The SMILES string of the molecule is CCOC(=O)c1c(NC(=O)COC(=O)c2ccc[nH]2)sc(CC)c1C. The predicted molar refractivity (Wildman–Crippen MR) is 94.1 cm³/mol. The molecular formula is C17H20N2O5S. The number of ether oxygens (including phenoxy) is 2. The lowest BCUT2D eigenvalue weighted by Crippen LogP contribution is -2.22. The molecule has 25 heavy (non-hydrogen) atoms. The Morgan fingerprint density at radius 1 is 1.20 bits per heavy atom. The summed E-state index contributed by atoms with van der Waals surface area (Å²) in [4.78, 5) is 39.7. The predicted octanol–water partition coefficient (Wildman–Crippen LogP) is 2.92. The van der Waals surface area contributed by atoms with Gasteiger partial charge in [0, 0.05) is 11.1 Å². The van der Waals surface area contributed by atoms with Crippen LogP contribution in [0.15, 0.2) is 18.3 Å². The van der Waals surface area contributed by atoms with Crippen molar-refractivity contribution in [3.8, 4) is 0 Å². The number of aryl methyl sites for hydroxylation is 1. The van der Waals surface area contributed by atoms with Crippen LogP contribution in [0.5, 0.6) is 0 Å². The van der Waals surface area contributed by atoms with Gasteiger partial charge in [-0.15, -0.1) is 11.3 Å². The Bertz CT molecular complexity index is 764. The van der Waals surface area contributed by atoms with Crippen molar-refractivity contribution in [1.29, 1.82) is 0 Å². The second-order valence-corrected chi connectivity index (χ2v) is 6.24. The van der Waals surface area contributed by atoms with Crippen molar-refractivity contribution in [2.75, 3.05) is 18.5 Å². The Hall–Kier alpha value is -2.61. The molecule has 0 saturated carbocycles. The Balaban J connectivity index is 2.06. The maximum absolute atomic E-state index is 12.2. The number of aromatic nitrogens is 1. The lowest BCUT2D eigenvalue weighted by molar-refractivity contribution is -0.119. The van der Waals surface area contributed by atoms with Crippen LogP contribution in [-0.2, 0) is 20.7 Å². The van der Waals surface area contributed by atoms with E-state index in [1.165, 1.54) is 11.3 Å². The largest absolute Gasteiger partial charge is 0.462 e. The summed E-state index contributed by atoms with van der Waals surface area (Å²) in [5.41, 5.74) is 1.41. The molecule has 7 nitrogen and oxygen atoms in total.